The molecule has 1 spiro atoms. The van der Waals surface area contributed by atoms with Crippen LogP contribution in [-0.2, 0) is 11.2 Å². The molecule has 3 aliphatic carbocycles. The molecule has 4 aliphatic rings. The lowest BCUT2D eigenvalue weighted by atomic mass is 9.80. The van der Waals surface area contributed by atoms with Gasteiger partial charge >= 0.3 is 0 Å². The Hall–Kier alpha value is -2.18. The average molecular weight is 383 g/mol. The van der Waals surface area contributed by atoms with Crippen molar-refractivity contribution in [2.24, 2.45) is 11.3 Å². The van der Waals surface area contributed by atoms with Crippen LogP contribution in [0, 0.1) is 11.3 Å². The highest BCUT2D eigenvalue weighted by molar-refractivity contribution is 5.95. The van der Waals surface area contributed by atoms with Crippen LogP contribution in [0.5, 0.6) is 0 Å². The minimum atomic E-state index is 0.0208. The molecule has 0 radical (unpaired) electrons. The van der Waals surface area contributed by atoms with Crippen LogP contribution in [0.2, 0.25) is 0 Å². The van der Waals surface area contributed by atoms with Gasteiger partial charge in [-0.3, -0.25) is 9.59 Å². The summed E-state index contributed by atoms with van der Waals surface area (Å²) in [6.07, 6.45) is 11.4. The highest BCUT2D eigenvalue weighted by atomic mass is 16.2. The lowest BCUT2D eigenvalue weighted by molar-refractivity contribution is -0.123. The predicted octanol–water partition coefficient (Wildman–Crippen LogP) is 2.14. The van der Waals surface area contributed by atoms with Crippen molar-refractivity contribution >= 4 is 17.8 Å². The van der Waals surface area contributed by atoms with Gasteiger partial charge in [0, 0.05) is 44.2 Å². The van der Waals surface area contributed by atoms with Crippen molar-refractivity contribution in [1.82, 2.24) is 20.2 Å². The first-order valence-corrected chi connectivity index (χ1v) is 10.8. The summed E-state index contributed by atoms with van der Waals surface area (Å²) >= 11 is 0. The maximum Gasteiger partial charge on any atom is 0.257 e. The largest absolute Gasteiger partial charge is 0.355 e. The topological polar surface area (TPSA) is 87.2 Å². The molecule has 3 saturated carbocycles. The zero-order valence-corrected chi connectivity index (χ0v) is 16.4. The summed E-state index contributed by atoms with van der Waals surface area (Å²) in [5.74, 6) is 1.01. The van der Waals surface area contributed by atoms with E-state index >= 15 is 0 Å². The van der Waals surface area contributed by atoms with Crippen LogP contribution in [0.1, 0.15) is 67.4 Å². The van der Waals surface area contributed by atoms with E-state index in [2.05, 4.69) is 20.6 Å². The molecule has 7 heteroatoms. The third-order valence-corrected chi connectivity index (χ3v) is 6.92. The van der Waals surface area contributed by atoms with E-state index in [0.717, 1.165) is 50.9 Å². The third kappa shape index (κ3) is 3.47. The summed E-state index contributed by atoms with van der Waals surface area (Å²) in [7, 11) is 0. The highest BCUT2D eigenvalue weighted by Gasteiger charge is 2.60. The van der Waals surface area contributed by atoms with Crippen molar-refractivity contribution in [2.75, 3.05) is 25.0 Å². The second-order valence-electron chi connectivity index (χ2n) is 8.99. The third-order valence-electron chi connectivity index (χ3n) is 6.92. The van der Waals surface area contributed by atoms with Gasteiger partial charge in [-0.2, -0.15) is 0 Å². The molecule has 5 rings (SSSR count). The fourth-order valence-corrected chi connectivity index (χ4v) is 4.69. The van der Waals surface area contributed by atoms with Gasteiger partial charge in [0.2, 0.25) is 11.9 Å². The lowest BCUT2D eigenvalue weighted by Crippen LogP contribution is -2.32. The van der Waals surface area contributed by atoms with Crippen LogP contribution in [0.25, 0.3) is 0 Å². The van der Waals surface area contributed by atoms with E-state index in [1.807, 2.05) is 4.90 Å². The van der Waals surface area contributed by atoms with E-state index in [4.69, 9.17) is 0 Å². The molecule has 2 N–H and O–H groups in total. The molecule has 1 atom stereocenters. The summed E-state index contributed by atoms with van der Waals surface area (Å²) in [5, 5.41) is 6.39. The number of aromatic nitrogens is 2. The van der Waals surface area contributed by atoms with Crippen LogP contribution in [0.3, 0.4) is 0 Å². The molecule has 0 aromatic carbocycles. The van der Waals surface area contributed by atoms with E-state index in [1.54, 1.807) is 6.20 Å². The van der Waals surface area contributed by atoms with Gasteiger partial charge in [0.1, 0.15) is 0 Å². The lowest BCUT2D eigenvalue weighted by Gasteiger charge is -2.26. The van der Waals surface area contributed by atoms with E-state index < -0.39 is 0 Å². The second kappa shape index (κ2) is 7.01. The number of nitrogens with zero attached hydrogens (tertiary/aromatic N) is 3. The molecular formula is C21H29N5O2. The Morgan fingerprint density at radius 3 is 2.61 bits per heavy atom. The second-order valence-corrected chi connectivity index (χ2v) is 8.99. The minimum Gasteiger partial charge on any atom is -0.355 e. The van der Waals surface area contributed by atoms with Crippen LogP contribution in [-0.4, -0.2) is 52.4 Å². The van der Waals surface area contributed by atoms with Crippen molar-refractivity contribution in [3.63, 3.8) is 0 Å². The molecule has 28 heavy (non-hydrogen) atoms. The maximum absolute atomic E-state index is 12.9. The van der Waals surface area contributed by atoms with Crippen molar-refractivity contribution in [3.05, 3.63) is 17.5 Å². The summed E-state index contributed by atoms with van der Waals surface area (Å²) in [4.78, 5) is 36.2. The van der Waals surface area contributed by atoms with Crippen LogP contribution < -0.4 is 10.6 Å². The Balaban J connectivity index is 1.25. The van der Waals surface area contributed by atoms with Gasteiger partial charge in [-0.25, -0.2) is 9.97 Å². The quantitative estimate of drug-likeness (QED) is 0.753. The Morgan fingerprint density at radius 1 is 1.18 bits per heavy atom. The van der Waals surface area contributed by atoms with Crippen molar-refractivity contribution in [1.29, 1.82) is 0 Å². The number of amides is 2. The molecule has 1 unspecified atom stereocenters. The van der Waals surface area contributed by atoms with Gasteiger partial charge in [-0.05, 0) is 50.4 Å². The molecule has 0 bridgehead atoms. The number of likely N-dealkylation sites (tertiary alicyclic amines) is 1. The number of carbonyl (C=O) groups is 2. The summed E-state index contributed by atoms with van der Waals surface area (Å²) < 4.78 is 0. The Labute approximate surface area is 165 Å². The van der Waals surface area contributed by atoms with Crippen molar-refractivity contribution < 1.29 is 9.59 Å². The van der Waals surface area contributed by atoms with Gasteiger partial charge in [0.05, 0.1) is 11.3 Å². The molecule has 150 valence electrons. The fourth-order valence-electron chi connectivity index (χ4n) is 4.69. The number of hydrogen-bond donors (Lipinski definition) is 2. The predicted molar refractivity (Wildman–Crippen MR) is 105 cm³/mol. The van der Waals surface area contributed by atoms with Crippen molar-refractivity contribution in [2.45, 2.75) is 63.8 Å². The van der Waals surface area contributed by atoms with E-state index in [0.29, 0.717) is 35.9 Å². The summed E-state index contributed by atoms with van der Waals surface area (Å²) in [6.45, 7) is 2.13. The minimum absolute atomic E-state index is 0.0208. The molecule has 1 aromatic rings. The first-order valence-electron chi connectivity index (χ1n) is 10.8. The van der Waals surface area contributed by atoms with Crippen LogP contribution >= 0.6 is 0 Å². The molecule has 1 aromatic heterocycles. The Morgan fingerprint density at radius 2 is 1.96 bits per heavy atom. The summed E-state index contributed by atoms with van der Waals surface area (Å²) in [5.41, 5.74) is 1.67. The molecule has 1 saturated heterocycles. The highest BCUT2D eigenvalue weighted by Crippen LogP contribution is 2.65. The summed E-state index contributed by atoms with van der Waals surface area (Å²) in [6, 6.07) is 0.459. The smallest absolute Gasteiger partial charge is 0.257 e. The molecule has 2 amide bonds. The van der Waals surface area contributed by atoms with Crippen LogP contribution in [0.4, 0.5) is 5.95 Å². The molecule has 4 fully saturated rings. The van der Waals surface area contributed by atoms with Gasteiger partial charge in [-0.1, -0.05) is 6.42 Å². The monoisotopic (exact) mass is 383 g/mol. The maximum atomic E-state index is 12.9. The molecule has 7 nitrogen and oxygen atoms in total. The molecular weight excluding hydrogens is 354 g/mol. The zero-order chi connectivity index (χ0) is 19.1. The first-order chi connectivity index (χ1) is 13.6. The molecule has 1 aliphatic heterocycles. The number of rotatable bonds is 7. The fraction of sp³-hybridized carbons (Fsp3) is 0.714. The number of nitrogens with one attached hydrogen (secondary N) is 2. The normalized spacial score (nSPS) is 24.7. The van der Waals surface area contributed by atoms with E-state index in [1.165, 1.54) is 19.3 Å². The zero-order valence-electron chi connectivity index (χ0n) is 16.4. The van der Waals surface area contributed by atoms with Crippen LogP contribution in [0.15, 0.2) is 6.20 Å². The number of carbonyl (C=O) groups excluding carboxylic acids is 2. The van der Waals surface area contributed by atoms with Gasteiger partial charge in [0.15, 0.2) is 0 Å². The van der Waals surface area contributed by atoms with E-state index in [-0.39, 0.29) is 17.7 Å². The standard InChI is InChI=1S/C21H29N5O2/c27-18(16-12-21(16)7-3-8-21)22-9-6-17-15(19(28)26-10-1-2-11-26)13-23-20(25-17)24-14-4-5-14/h13-14,16H,1-12H2,(H,22,27)(H,23,24,25). The van der Waals surface area contributed by atoms with E-state index in [9.17, 15) is 9.59 Å². The van der Waals surface area contributed by atoms with Gasteiger partial charge in [-0.15, -0.1) is 0 Å². The average Bonchev–Trinajstić information content (AvgIpc) is 3.57. The first kappa shape index (κ1) is 17.9. The molecule has 2 heterocycles. The number of anilines is 1. The van der Waals surface area contributed by atoms with Crippen molar-refractivity contribution in [3.8, 4) is 0 Å². The SMILES string of the molecule is O=C(NCCc1nc(NC2CC2)ncc1C(=O)N1CCCC1)C1CC12CCC2. The van der Waals surface area contributed by atoms with Gasteiger partial charge < -0.3 is 15.5 Å². The van der Waals surface area contributed by atoms with Gasteiger partial charge in [0.25, 0.3) is 5.91 Å². The Bertz CT molecular complexity index is 781. The number of hydrogen-bond acceptors (Lipinski definition) is 5. The Kier molecular flexibility index (Phi) is 4.48.